The smallest absolute Gasteiger partial charge is 0.307 e. The lowest BCUT2D eigenvalue weighted by molar-refractivity contribution is -0.140. The molecule has 3 nitrogen and oxygen atoms in total. The lowest BCUT2D eigenvalue weighted by Crippen LogP contribution is -2.13. The van der Waals surface area contributed by atoms with Gasteiger partial charge in [0.15, 0.2) is 0 Å². The highest BCUT2D eigenvalue weighted by Gasteiger charge is 2.09. The van der Waals surface area contributed by atoms with Gasteiger partial charge in [0.05, 0.1) is 5.92 Å². The second-order valence-corrected chi connectivity index (χ2v) is 3.25. The summed E-state index contributed by atoms with van der Waals surface area (Å²) in [6.45, 7) is 2.32. The number of carbonyl (C=O) groups is 1. The Kier molecular flexibility index (Phi) is 5.43. The van der Waals surface area contributed by atoms with E-state index < -0.39 is 5.97 Å². The number of aliphatic carboxylic acids is 1. The van der Waals surface area contributed by atoms with Gasteiger partial charge in [0.25, 0.3) is 0 Å². The summed E-state index contributed by atoms with van der Waals surface area (Å²) in [7, 11) is 0. The van der Waals surface area contributed by atoms with Crippen molar-refractivity contribution in [3.8, 4) is 0 Å². The first kappa shape index (κ1) is 9.78. The minimum atomic E-state index is -0.732. The molecule has 0 aromatic heterocycles. The summed E-state index contributed by atoms with van der Waals surface area (Å²) in [6.07, 6.45) is 0. The third-order valence-corrected chi connectivity index (χ3v) is 2.31. The maximum atomic E-state index is 10.2. The van der Waals surface area contributed by atoms with Crippen molar-refractivity contribution >= 4 is 17.7 Å². The first-order valence-electron chi connectivity index (χ1n) is 3.19. The molecule has 1 atom stereocenters. The summed E-state index contributed by atoms with van der Waals surface area (Å²) < 4.78 is 0. The van der Waals surface area contributed by atoms with Crippen LogP contribution in [0.3, 0.4) is 0 Å². The summed E-state index contributed by atoms with van der Waals surface area (Å²) in [4.78, 5) is 10.2. The Bertz CT molecular complexity index is 108. The fourth-order valence-electron chi connectivity index (χ4n) is 0.415. The van der Waals surface area contributed by atoms with Gasteiger partial charge in [-0.1, -0.05) is 6.92 Å². The maximum Gasteiger partial charge on any atom is 0.307 e. The topological polar surface area (TPSA) is 63.3 Å². The fraction of sp³-hybridized carbons (Fsp3) is 0.833. The normalized spacial score (nSPS) is 13.0. The minimum absolute atomic E-state index is 0.253. The summed E-state index contributed by atoms with van der Waals surface area (Å²) in [5, 5.41) is 8.44. The Morgan fingerprint density at radius 2 is 2.40 bits per heavy atom. The van der Waals surface area contributed by atoms with Crippen molar-refractivity contribution in [2.45, 2.75) is 6.92 Å². The zero-order valence-corrected chi connectivity index (χ0v) is 6.86. The Hall–Kier alpha value is -0.220. The molecule has 0 saturated carbocycles. The highest BCUT2D eigenvalue weighted by Crippen LogP contribution is 2.06. The average molecular weight is 163 g/mol. The number of carboxylic acid groups (broad SMARTS) is 1. The summed E-state index contributed by atoms with van der Waals surface area (Å²) in [5.74, 6) is 0.519. The second-order valence-electron chi connectivity index (χ2n) is 2.10. The molecule has 0 amide bonds. The van der Waals surface area contributed by atoms with Gasteiger partial charge in [-0.3, -0.25) is 4.79 Å². The molecule has 0 rings (SSSR count). The maximum absolute atomic E-state index is 10.2. The van der Waals surface area contributed by atoms with Gasteiger partial charge in [0.1, 0.15) is 0 Å². The van der Waals surface area contributed by atoms with E-state index in [0.29, 0.717) is 12.3 Å². The van der Waals surface area contributed by atoms with Gasteiger partial charge in [0.2, 0.25) is 0 Å². The van der Waals surface area contributed by atoms with Crippen molar-refractivity contribution in [2.75, 3.05) is 18.1 Å². The second kappa shape index (κ2) is 5.56. The number of hydrogen-bond donors (Lipinski definition) is 2. The van der Waals surface area contributed by atoms with Crippen LogP contribution in [0.15, 0.2) is 0 Å². The zero-order chi connectivity index (χ0) is 7.98. The molecule has 0 radical (unpaired) electrons. The van der Waals surface area contributed by atoms with Crippen molar-refractivity contribution in [3.05, 3.63) is 0 Å². The van der Waals surface area contributed by atoms with Crippen molar-refractivity contribution in [3.63, 3.8) is 0 Å². The van der Waals surface area contributed by atoms with Gasteiger partial charge >= 0.3 is 5.97 Å². The van der Waals surface area contributed by atoms with E-state index in [4.69, 9.17) is 10.8 Å². The van der Waals surface area contributed by atoms with E-state index in [1.807, 2.05) is 0 Å². The van der Waals surface area contributed by atoms with E-state index in [2.05, 4.69) is 0 Å². The van der Waals surface area contributed by atoms with Crippen molar-refractivity contribution in [1.29, 1.82) is 0 Å². The average Bonchev–Trinajstić information content (AvgIpc) is 1.88. The lowest BCUT2D eigenvalue weighted by Gasteiger charge is -2.03. The van der Waals surface area contributed by atoms with E-state index in [1.54, 1.807) is 18.7 Å². The van der Waals surface area contributed by atoms with E-state index in [9.17, 15) is 4.79 Å². The molecule has 0 aromatic rings. The van der Waals surface area contributed by atoms with Crippen LogP contribution < -0.4 is 5.73 Å². The van der Waals surface area contributed by atoms with Crippen LogP contribution in [0, 0.1) is 5.92 Å². The standard InChI is InChI=1S/C6H13NO2S/c1-5(6(8)9)4-10-3-2-7/h5H,2-4,7H2,1H3,(H,8,9). The molecule has 0 saturated heterocycles. The van der Waals surface area contributed by atoms with Gasteiger partial charge < -0.3 is 10.8 Å². The van der Waals surface area contributed by atoms with Crippen LogP contribution in [0.4, 0.5) is 0 Å². The third-order valence-electron chi connectivity index (χ3n) is 1.05. The molecule has 0 bridgehead atoms. The molecule has 0 aliphatic heterocycles. The molecule has 0 heterocycles. The molecular weight excluding hydrogens is 150 g/mol. The van der Waals surface area contributed by atoms with E-state index in [0.717, 1.165) is 5.75 Å². The molecule has 0 aliphatic rings. The monoisotopic (exact) mass is 163 g/mol. The van der Waals surface area contributed by atoms with Gasteiger partial charge in [-0.25, -0.2) is 0 Å². The van der Waals surface area contributed by atoms with E-state index >= 15 is 0 Å². The van der Waals surface area contributed by atoms with Crippen LogP contribution >= 0.6 is 11.8 Å². The minimum Gasteiger partial charge on any atom is -0.481 e. The molecular formula is C6H13NO2S. The molecule has 3 N–H and O–H groups in total. The van der Waals surface area contributed by atoms with Crippen LogP contribution in [-0.2, 0) is 4.79 Å². The molecule has 1 unspecified atom stereocenters. The Labute approximate surface area is 65.0 Å². The lowest BCUT2D eigenvalue weighted by atomic mass is 10.2. The molecule has 4 heteroatoms. The number of hydrogen-bond acceptors (Lipinski definition) is 3. The van der Waals surface area contributed by atoms with Crippen LogP contribution in [0.2, 0.25) is 0 Å². The Morgan fingerprint density at radius 3 is 2.80 bits per heavy atom. The largest absolute Gasteiger partial charge is 0.481 e. The first-order valence-corrected chi connectivity index (χ1v) is 4.34. The summed E-state index contributed by atoms with van der Waals surface area (Å²) in [6, 6.07) is 0. The van der Waals surface area contributed by atoms with Crippen molar-refractivity contribution in [1.82, 2.24) is 0 Å². The van der Waals surface area contributed by atoms with Crippen LogP contribution in [0.1, 0.15) is 6.92 Å². The van der Waals surface area contributed by atoms with E-state index in [-0.39, 0.29) is 5.92 Å². The predicted octanol–water partition coefficient (Wildman–Crippen LogP) is 0.399. The quantitative estimate of drug-likeness (QED) is 0.576. The Morgan fingerprint density at radius 1 is 1.80 bits per heavy atom. The van der Waals surface area contributed by atoms with Gasteiger partial charge in [-0.05, 0) is 0 Å². The number of rotatable bonds is 5. The van der Waals surface area contributed by atoms with Crippen molar-refractivity contribution < 1.29 is 9.90 Å². The molecule has 0 aliphatic carbocycles. The summed E-state index contributed by atoms with van der Waals surface area (Å²) in [5.41, 5.74) is 5.22. The van der Waals surface area contributed by atoms with Crippen LogP contribution in [0.5, 0.6) is 0 Å². The zero-order valence-electron chi connectivity index (χ0n) is 6.04. The van der Waals surface area contributed by atoms with Crippen LogP contribution in [0.25, 0.3) is 0 Å². The molecule has 60 valence electrons. The SMILES string of the molecule is CC(CSCCN)C(=O)O. The van der Waals surface area contributed by atoms with Gasteiger partial charge in [-0.2, -0.15) is 11.8 Å². The molecule has 0 aromatic carbocycles. The molecule has 0 spiro atoms. The third kappa shape index (κ3) is 4.64. The van der Waals surface area contributed by atoms with Crippen LogP contribution in [-0.4, -0.2) is 29.1 Å². The fourth-order valence-corrected chi connectivity index (χ4v) is 1.24. The molecule has 0 fully saturated rings. The number of carboxylic acids is 1. The number of nitrogens with two attached hydrogens (primary N) is 1. The van der Waals surface area contributed by atoms with Gasteiger partial charge in [-0.15, -0.1) is 0 Å². The van der Waals surface area contributed by atoms with E-state index in [1.165, 1.54) is 0 Å². The summed E-state index contributed by atoms with van der Waals surface area (Å²) >= 11 is 1.58. The molecule has 10 heavy (non-hydrogen) atoms. The van der Waals surface area contributed by atoms with Crippen molar-refractivity contribution in [2.24, 2.45) is 11.7 Å². The predicted molar refractivity (Wildman–Crippen MR) is 43.2 cm³/mol. The first-order chi connectivity index (χ1) is 4.68. The highest BCUT2D eigenvalue weighted by atomic mass is 32.2. The van der Waals surface area contributed by atoms with Gasteiger partial charge in [0, 0.05) is 18.1 Å². The Balaban J connectivity index is 3.21. The number of thioether (sulfide) groups is 1. The highest BCUT2D eigenvalue weighted by molar-refractivity contribution is 7.99.